The Morgan fingerprint density at radius 2 is 1.52 bits per heavy atom. The number of sulfonamides is 1. The smallest absolute Gasteiger partial charge is 0.264 e. The quantitative estimate of drug-likeness (QED) is 0.425. The Morgan fingerprint density at radius 1 is 0.818 bits per heavy atom. The molecule has 4 rings (SSSR count). The maximum absolute atomic E-state index is 13.5. The van der Waals surface area contributed by atoms with E-state index in [1.807, 2.05) is 68.4 Å². The number of fused-ring (bicyclic) bond motifs is 1. The van der Waals surface area contributed by atoms with Crippen LogP contribution in [-0.2, 0) is 21.4 Å². The molecule has 0 aliphatic carbocycles. The summed E-state index contributed by atoms with van der Waals surface area (Å²) in [6.07, 6.45) is 0. The number of carbonyl (C=O) groups is 1. The summed E-state index contributed by atoms with van der Waals surface area (Å²) in [6, 6.07) is 27.7. The molecule has 0 bridgehead atoms. The standard InChI is InChI=1S/C27H26N2O3S/c1-20-12-15-26(21(2)16-20)29(33(31,32)25-10-4-3-5-11-25)19-27(30)28-18-22-13-14-23-8-6-7-9-24(23)17-22/h3-17H,18-19H2,1-2H3,(H,28,30). The van der Waals surface area contributed by atoms with Gasteiger partial charge in [-0.3, -0.25) is 9.10 Å². The van der Waals surface area contributed by atoms with Gasteiger partial charge in [-0.05, 0) is 60.0 Å². The van der Waals surface area contributed by atoms with Crippen LogP contribution in [0.2, 0.25) is 0 Å². The molecule has 0 unspecified atom stereocenters. The Bertz CT molecular complexity index is 1400. The third-order valence-electron chi connectivity index (χ3n) is 5.54. The molecule has 33 heavy (non-hydrogen) atoms. The van der Waals surface area contributed by atoms with E-state index in [1.54, 1.807) is 36.4 Å². The van der Waals surface area contributed by atoms with E-state index in [2.05, 4.69) is 5.32 Å². The van der Waals surface area contributed by atoms with Crippen molar-refractivity contribution < 1.29 is 13.2 Å². The Kier molecular flexibility index (Phi) is 6.47. The van der Waals surface area contributed by atoms with Crippen molar-refractivity contribution in [3.05, 3.63) is 108 Å². The lowest BCUT2D eigenvalue weighted by atomic mass is 10.1. The summed E-state index contributed by atoms with van der Waals surface area (Å²) in [5.74, 6) is -0.373. The van der Waals surface area contributed by atoms with Crippen LogP contribution in [0.15, 0.2) is 95.9 Å². The van der Waals surface area contributed by atoms with Crippen LogP contribution >= 0.6 is 0 Å². The van der Waals surface area contributed by atoms with E-state index in [0.717, 1.165) is 27.5 Å². The number of rotatable bonds is 7. The first-order chi connectivity index (χ1) is 15.8. The van der Waals surface area contributed by atoms with Gasteiger partial charge >= 0.3 is 0 Å². The van der Waals surface area contributed by atoms with Crippen molar-refractivity contribution in [2.45, 2.75) is 25.3 Å². The number of hydrogen-bond acceptors (Lipinski definition) is 3. The second-order valence-electron chi connectivity index (χ2n) is 8.07. The molecule has 0 saturated heterocycles. The summed E-state index contributed by atoms with van der Waals surface area (Å²) in [5, 5.41) is 5.09. The molecule has 5 nitrogen and oxygen atoms in total. The number of anilines is 1. The predicted molar refractivity (Wildman–Crippen MR) is 133 cm³/mol. The van der Waals surface area contributed by atoms with E-state index in [-0.39, 0.29) is 17.3 Å². The van der Waals surface area contributed by atoms with Crippen LogP contribution in [-0.4, -0.2) is 20.9 Å². The molecule has 1 amide bonds. The van der Waals surface area contributed by atoms with Crippen molar-refractivity contribution in [3.63, 3.8) is 0 Å². The minimum Gasteiger partial charge on any atom is -0.350 e. The lowest BCUT2D eigenvalue weighted by Gasteiger charge is -2.26. The highest BCUT2D eigenvalue weighted by Crippen LogP contribution is 2.27. The van der Waals surface area contributed by atoms with Gasteiger partial charge in [-0.2, -0.15) is 0 Å². The van der Waals surface area contributed by atoms with E-state index >= 15 is 0 Å². The SMILES string of the molecule is Cc1ccc(N(CC(=O)NCc2ccc3ccccc3c2)S(=O)(=O)c2ccccc2)c(C)c1. The van der Waals surface area contributed by atoms with Gasteiger partial charge in [0.2, 0.25) is 5.91 Å². The minimum absolute atomic E-state index is 0.146. The van der Waals surface area contributed by atoms with Crippen LogP contribution in [0.4, 0.5) is 5.69 Å². The first-order valence-electron chi connectivity index (χ1n) is 10.7. The molecule has 4 aromatic rings. The van der Waals surface area contributed by atoms with Crippen molar-refractivity contribution in [1.29, 1.82) is 0 Å². The van der Waals surface area contributed by atoms with Crippen molar-refractivity contribution >= 4 is 32.4 Å². The first-order valence-corrected chi connectivity index (χ1v) is 12.2. The molecular weight excluding hydrogens is 432 g/mol. The second-order valence-corrected chi connectivity index (χ2v) is 9.94. The van der Waals surface area contributed by atoms with Crippen molar-refractivity contribution in [2.75, 3.05) is 10.8 Å². The van der Waals surface area contributed by atoms with Gasteiger partial charge in [-0.15, -0.1) is 0 Å². The van der Waals surface area contributed by atoms with Gasteiger partial charge in [-0.1, -0.05) is 72.3 Å². The van der Waals surface area contributed by atoms with E-state index in [9.17, 15) is 13.2 Å². The Morgan fingerprint density at radius 3 is 2.24 bits per heavy atom. The summed E-state index contributed by atoms with van der Waals surface area (Å²) < 4.78 is 28.1. The molecular formula is C27H26N2O3S. The number of aryl methyl sites for hydroxylation is 2. The van der Waals surface area contributed by atoms with E-state index in [1.165, 1.54) is 4.31 Å². The van der Waals surface area contributed by atoms with Gasteiger partial charge in [0, 0.05) is 6.54 Å². The van der Waals surface area contributed by atoms with E-state index in [4.69, 9.17) is 0 Å². The monoisotopic (exact) mass is 458 g/mol. The molecule has 6 heteroatoms. The van der Waals surface area contributed by atoms with Crippen LogP contribution in [0.3, 0.4) is 0 Å². The molecule has 0 saturated carbocycles. The van der Waals surface area contributed by atoms with Crippen molar-refractivity contribution in [1.82, 2.24) is 5.32 Å². The highest BCUT2D eigenvalue weighted by molar-refractivity contribution is 7.92. The van der Waals surface area contributed by atoms with Gasteiger partial charge in [0.25, 0.3) is 10.0 Å². The first kappa shape index (κ1) is 22.6. The highest BCUT2D eigenvalue weighted by Gasteiger charge is 2.28. The van der Waals surface area contributed by atoms with Crippen LogP contribution < -0.4 is 9.62 Å². The number of nitrogens with zero attached hydrogens (tertiary/aromatic N) is 1. The summed E-state index contributed by atoms with van der Waals surface area (Å²) in [4.78, 5) is 13.0. The number of nitrogens with one attached hydrogen (secondary N) is 1. The molecule has 4 aromatic carbocycles. The largest absolute Gasteiger partial charge is 0.350 e. The average molecular weight is 459 g/mol. The zero-order valence-corrected chi connectivity index (χ0v) is 19.5. The van der Waals surface area contributed by atoms with Crippen LogP contribution in [0.1, 0.15) is 16.7 Å². The molecule has 0 radical (unpaired) electrons. The molecule has 0 fully saturated rings. The zero-order chi connectivity index (χ0) is 23.4. The fourth-order valence-electron chi connectivity index (χ4n) is 3.84. The number of carbonyl (C=O) groups excluding carboxylic acids is 1. The molecule has 0 atom stereocenters. The maximum Gasteiger partial charge on any atom is 0.264 e. The third kappa shape index (κ3) is 5.07. The average Bonchev–Trinajstić information content (AvgIpc) is 2.82. The topological polar surface area (TPSA) is 66.5 Å². The minimum atomic E-state index is -3.92. The lowest BCUT2D eigenvalue weighted by Crippen LogP contribution is -2.41. The Balaban J connectivity index is 1.58. The van der Waals surface area contributed by atoms with Gasteiger partial charge in [0.05, 0.1) is 10.6 Å². The molecule has 0 spiro atoms. The molecule has 0 heterocycles. The number of amides is 1. The predicted octanol–water partition coefficient (Wildman–Crippen LogP) is 4.97. The zero-order valence-electron chi connectivity index (χ0n) is 18.7. The van der Waals surface area contributed by atoms with E-state index < -0.39 is 10.0 Å². The van der Waals surface area contributed by atoms with Gasteiger partial charge in [0.1, 0.15) is 6.54 Å². The Hall–Kier alpha value is -3.64. The summed E-state index contributed by atoms with van der Waals surface area (Å²) >= 11 is 0. The van der Waals surface area contributed by atoms with E-state index in [0.29, 0.717) is 12.2 Å². The Labute approximate surface area is 194 Å². The van der Waals surface area contributed by atoms with Crippen LogP contribution in [0, 0.1) is 13.8 Å². The van der Waals surface area contributed by atoms with Crippen molar-refractivity contribution in [3.8, 4) is 0 Å². The molecule has 168 valence electrons. The number of benzene rings is 4. The second kappa shape index (κ2) is 9.46. The number of hydrogen-bond donors (Lipinski definition) is 1. The van der Waals surface area contributed by atoms with Gasteiger partial charge < -0.3 is 5.32 Å². The molecule has 0 aromatic heterocycles. The maximum atomic E-state index is 13.5. The third-order valence-corrected chi connectivity index (χ3v) is 7.32. The van der Waals surface area contributed by atoms with Crippen LogP contribution in [0.25, 0.3) is 10.8 Å². The van der Waals surface area contributed by atoms with Crippen molar-refractivity contribution in [2.24, 2.45) is 0 Å². The lowest BCUT2D eigenvalue weighted by molar-refractivity contribution is -0.119. The molecule has 0 aliphatic heterocycles. The molecule has 1 N–H and O–H groups in total. The van der Waals surface area contributed by atoms with Gasteiger partial charge in [0.15, 0.2) is 0 Å². The van der Waals surface area contributed by atoms with Gasteiger partial charge in [-0.25, -0.2) is 8.42 Å². The fraction of sp³-hybridized carbons (Fsp3) is 0.148. The summed E-state index contributed by atoms with van der Waals surface area (Å²) in [7, 11) is -3.92. The fourth-order valence-corrected chi connectivity index (χ4v) is 5.35. The summed E-state index contributed by atoms with van der Waals surface area (Å²) in [6.45, 7) is 3.80. The normalized spacial score (nSPS) is 11.3. The molecule has 0 aliphatic rings. The summed E-state index contributed by atoms with van der Waals surface area (Å²) in [5.41, 5.74) is 3.25. The highest BCUT2D eigenvalue weighted by atomic mass is 32.2. The van der Waals surface area contributed by atoms with Crippen LogP contribution in [0.5, 0.6) is 0 Å².